The number of fused-ring (bicyclic) bond motifs is 1. The first kappa shape index (κ1) is 17.2. The van der Waals surface area contributed by atoms with Gasteiger partial charge in [0.15, 0.2) is 0 Å². The minimum absolute atomic E-state index is 0.151. The largest absolute Gasteiger partial charge is 0.488 e. The molecule has 136 valence electrons. The van der Waals surface area contributed by atoms with Gasteiger partial charge in [-0.2, -0.15) is 0 Å². The van der Waals surface area contributed by atoms with Crippen molar-refractivity contribution in [2.45, 2.75) is 25.0 Å². The molecular formula is C19H20ClN3O3. The van der Waals surface area contributed by atoms with Crippen LogP contribution in [-0.4, -0.2) is 51.2 Å². The number of ether oxygens (including phenoxy) is 1. The topological polar surface area (TPSA) is 75.6 Å². The molecule has 1 aliphatic heterocycles. The molecule has 1 N–H and O–H groups in total. The van der Waals surface area contributed by atoms with Crippen LogP contribution >= 0.6 is 11.6 Å². The van der Waals surface area contributed by atoms with Gasteiger partial charge < -0.3 is 14.7 Å². The summed E-state index contributed by atoms with van der Waals surface area (Å²) in [6.07, 6.45) is 3.62. The number of aliphatic hydroxyl groups is 1. The van der Waals surface area contributed by atoms with Crippen LogP contribution in [0.3, 0.4) is 0 Å². The Morgan fingerprint density at radius 3 is 2.62 bits per heavy atom. The number of hydrogen-bond acceptors (Lipinski definition) is 5. The van der Waals surface area contributed by atoms with E-state index in [9.17, 15) is 9.90 Å². The number of nitrogens with zero attached hydrogens (tertiary/aromatic N) is 3. The number of amides is 1. The fraction of sp³-hybridized carbons (Fsp3) is 0.421. The maximum absolute atomic E-state index is 12.6. The Kier molecular flexibility index (Phi) is 4.78. The minimum Gasteiger partial charge on any atom is -0.488 e. The highest BCUT2D eigenvalue weighted by Crippen LogP contribution is 2.38. The molecular weight excluding hydrogens is 354 g/mol. The maximum atomic E-state index is 12.6. The van der Waals surface area contributed by atoms with Crippen molar-refractivity contribution in [2.24, 2.45) is 11.8 Å². The Labute approximate surface area is 156 Å². The van der Waals surface area contributed by atoms with E-state index in [1.54, 1.807) is 35.5 Å². The average molecular weight is 374 g/mol. The molecule has 4 rings (SSSR count). The molecule has 1 aromatic heterocycles. The third-order valence-electron chi connectivity index (χ3n) is 5.21. The molecule has 0 spiro atoms. The first-order chi connectivity index (χ1) is 12.6. The van der Waals surface area contributed by atoms with Gasteiger partial charge in [-0.3, -0.25) is 4.79 Å². The average Bonchev–Trinajstić information content (AvgIpc) is 3.05. The second-order valence-electron chi connectivity index (χ2n) is 6.96. The fourth-order valence-corrected chi connectivity index (χ4v) is 4.13. The van der Waals surface area contributed by atoms with Gasteiger partial charge in [-0.1, -0.05) is 17.7 Å². The zero-order valence-corrected chi connectivity index (χ0v) is 14.9. The van der Waals surface area contributed by atoms with Crippen molar-refractivity contribution in [3.05, 3.63) is 53.6 Å². The lowest BCUT2D eigenvalue weighted by Crippen LogP contribution is -2.42. The number of carbonyl (C=O) groups is 1. The van der Waals surface area contributed by atoms with Crippen LogP contribution in [0.2, 0.25) is 5.02 Å². The first-order valence-electron chi connectivity index (χ1n) is 8.76. The van der Waals surface area contributed by atoms with Gasteiger partial charge in [0.2, 0.25) is 5.82 Å². The van der Waals surface area contributed by atoms with E-state index in [-0.39, 0.29) is 23.8 Å². The normalized spacial score (nSPS) is 27.8. The maximum Gasteiger partial charge on any atom is 0.291 e. The number of aromatic nitrogens is 2. The molecule has 2 aromatic rings. The van der Waals surface area contributed by atoms with E-state index in [2.05, 4.69) is 9.97 Å². The van der Waals surface area contributed by atoms with Crippen LogP contribution in [0.4, 0.5) is 0 Å². The smallest absolute Gasteiger partial charge is 0.291 e. The highest BCUT2D eigenvalue weighted by atomic mass is 35.5. The zero-order valence-electron chi connectivity index (χ0n) is 14.2. The van der Waals surface area contributed by atoms with Crippen LogP contribution < -0.4 is 4.74 Å². The molecule has 1 saturated heterocycles. The molecule has 6 nitrogen and oxygen atoms in total. The van der Waals surface area contributed by atoms with Crippen LogP contribution in [0, 0.1) is 11.8 Å². The standard InChI is InChI=1S/C19H20ClN3O3/c20-14-3-1-4-15(9-14)26-17-8-13-11-23(10-12(13)7-16(17)24)19(25)18-21-5-2-6-22-18/h1-6,9,12-13,16-17,24H,7-8,10-11H2/t12-,13+,16+,17+/m0/s1. The van der Waals surface area contributed by atoms with Gasteiger partial charge in [-0.15, -0.1) is 0 Å². The first-order valence-corrected chi connectivity index (χ1v) is 9.14. The van der Waals surface area contributed by atoms with Gasteiger partial charge in [-0.05, 0) is 48.9 Å². The SMILES string of the molecule is O=C(c1ncccn1)N1C[C@H]2C[C@@H](Oc3cccc(Cl)c3)[C@H](O)C[C@H]2C1. The summed E-state index contributed by atoms with van der Waals surface area (Å²) in [5, 5.41) is 11.1. The van der Waals surface area contributed by atoms with Gasteiger partial charge in [0.25, 0.3) is 5.91 Å². The predicted octanol–water partition coefficient (Wildman–Crippen LogP) is 2.42. The van der Waals surface area contributed by atoms with Gasteiger partial charge in [0, 0.05) is 30.5 Å². The van der Waals surface area contributed by atoms with E-state index in [0.29, 0.717) is 42.6 Å². The van der Waals surface area contributed by atoms with Crippen molar-refractivity contribution in [3.63, 3.8) is 0 Å². The second-order valence-corrected chi connectivity index (χ2v) is 7.39. The number of rotatable bonds is 3. The molecule has 1 saturated carbocycles. The summed E-state index contributed by atoms with van der Waals surface area (Å²) in [7, 11) is 0. The third-order valence-corrected chi connectivity index (χ3v) is 5.45. The molecule has 0 unspecified atom stereocenters. The van der Waals surface area contributed by atoms with Gasteiger partial charge in [0.05, 0.1) is 6.10 Å². The molecule has 2 fully saturated rings. The van der Waals surface area contributed by atoms with Gasteiger partial charge >= 0.3 is 0 Å². The third kappa shape index (κ3) is 3.52. The highest BCUT2D eigenvalue weighted by molar-refractivity contribution is 6.30. The van der Waals surface area contributed by atoms with Crippen molar-refractivity contribution >= 4 is 17.5 Å². The number of benzene rings is 1. The Bertz CT molecular complexity index is 789. The Morgan fingerprint density at radius 2 is 1.88 bits per heavy atom. The van der Waals surface area contributed by atoms with Crippen molar-refractivity contribution in [2.75, 3.05) is 13.1 Å². The van der Waals surface area contributed by atoms with E-state index >= 15 is 0 Å². The number of carbonyl (C=O) groups excluding carboxylic acids is 1. The number of likely N-dealkylation sites (tertiary alicyclic amines) is 1. The second kappa shape index (κ2) is 7.21. The molecule has 1 aromatic carbocycles. The highest BCUT2D eigenvalue weighted by Gasteiger charge is 2.44. The van der Waals surface area contributed by atoms with Crippen molar-refractivity contribution in [1.82, 2.24) is 14.9 Å². The lowest BCUT2D eigenvalue weighted by Gasteiger charge is -2.35. The van der Waals surface area contributed by atoms with E-state index in [0.717, 1.165) is 0 Å². The Hall–Kier alpha value is -2.18. The van der Waals surface area contributed by atoms with Crippen LogP contribution in [0.15, 0.2) is 42.7 Å². The quantitative estimate of drug-likeness (QED) is 0.894. The molecule has 1 aliphatic carbocycles. The lowest BCUT2D eigenvalue weighted by molar-refractivity contribution is -0.0231. The summed E-state index contributed by atoms with van der Waals surface area (Å²) >= 11 is 6.00. The summed E-state index contributed by atoms with van der Waals surface area (Å²) in [6, 6.07) is 8.88. The zero-order chi connectivity index (χ0) is 18.1. The van der Waals surface area contributed by atoms with E-state index in [1.165, 1.54) is 0 Å². The van der Waals surface area contributed by atoms with Crippen LogP contribution in [0.5, 0.6) is 5.75 Å². The molecule has 7 heteroatoms. The summed E-state index contributed by atoms with van der Waals surface area (Å²) in [5.41, 5.74) is 0. The molecule has 2 aliphatic rings. The van der Waals surface area contributed by atoms with Crippen molar-refractivity contribution in [1.29, 1.82) is 0 Å². The predicted molar refractivity (Wildman–Crippen MR) is 96.0 cm³/mol. The van der Waals surface area contributed by atoms with E-state index < -0.39 is 6.10 Å². The molecule has 26 heavy (non-hydrogen) atoms. The number of hydrogen-bond donors (Lipinski definition) is 1. The lowest BCUT2D eigenvalue weighted by atomic mass is 9.78. The van der Waals surface area contributed by atoms with Crippen LogP contribution in [0.25, 0.3) is 0 Å². The molecule has 0 radical (unpaired) electrons. The summed E-state index contributed by atoms with van der Waals surface area (Å²) in [5.74, 6) is 1.30. The van der Waals surface area contributed by atoms with Crippen LogP contribution in [-0.2, 0) is 0 Å². The number of halogens is 1. The monoisotopic (exact) mass is 373 g/mol. The molecule has 0 bridgehead atoms. The summed E-state index contributed by atoms with van der Waals surface area (Å²) in [4.78, 5) is 22.5. The Morgan fingerprint density at radius 1 is 1.15 bits per heavy atom. The van der Waals surface area contributed by atoms with Crippen molar-refractivity contribution in [3.8, 4) is 5.75 Å². The molecule has 4 atom stereocenters. The van der Waals surface area contributed by atoms with Crippen LogP contribution in [0.1, 0.15) is 23.5 Å². The minimum atomic E-state index is -0.557. The summed E-state index contributed by atoms with van der Waals surface area (Å²) < 4.78 is 5.97. The van der Waals surface area contributed by atoms with Gasteiger partial charge in [-0.25, -0.2) is 9.97 Å². The molecule has 1 amide bonds. The number of aliphatic hydroxyl groups excluding tert-OH is 1. The van der Waals surface area contributed by atoms with Gasteiger partial charge in [0.1, 0.15) is 11.9 Å². The van der Waals surface area contributed by atoms with E-state index in [4.69, 9.17) is 16.3 Å². The fourth-order valence-electron chi connectivity index (χ4n) is 3.95. The van der Waals surface area contributed by atoms with Crippen molar-refractivity contribution < 1.29 is 14.6 Å². The summed E-state index contributed by atoms with van der Waals surface area (Å²) in [6.45, 7) is 1.27. The molecule has 2 heterocycles. The van der Waals surface area contributed by atoms with E-state index in [1.807, 2.05) is 12.1 Å². The Balaban J connectivity index is 1.42.